The molecule has 0 atom stereocenters. The van der Waals surface area contributed by atoms with Gasteiger partial charge in [-0.1, -0.05) is 12.1 Å². The summed E-state index contributed by atoms with van der Waals surface area (Å²) in [5.74, 6) is -0.148. The van der Waals surface area contributed by atoms with E-state index >= 15 is 0 Å². The number of nitrogens with one attached hydrogen (secondary N) is 1. The number of rotatable bonds is 6. The number of carbonyl (C=O) groups is 2. The van der Waals surface area contributed by atoms with E-state index in [2.05, 4.69) is 5.32 Å². The molecule has 1 N–H and O–H groups in total. The normalized spacial score (nSPS) is 13.8. The number of piperidine rings is 1. The van der Waals surface area contributed by atoms with Crippen LogP contribution in [0.4, 0.5) is 11.4 Å². The van der Waals surface area contributed by atoms with E-state index < -0.39 is 4.92 Å². The molecule has 0 bridgehead atoms. The van der Waals surface area contributed by atoms with E-state index in [1.807, 2.05) is 4.90 Å². The molecule has 0 unspecified atom stereocenters. The number of thioether (sulfide) groups is 1. The van der Waals surface area contributed by atoms with Gasteiger partial charge in [0.05, 0.1) is 21.9 Å². The Kier molecular flexibility index (Phi) is 6.65. The van der Waals surface area contributed by atoms with Crippen molar-refractivity contribution in [3.05, 3.63) is 64.2 Å². The average molecular weight is 399 g/mol. The summed E-state index contributed by atoms with van der Waals surface area (Å²) in [6.07, 6.45) is 3.15. The molecule has 0 aromatic heterocycles. The Morgan fingerprint density at radius 2 is 1.71 bits per heavy atom. The Hall–Kier alpha value is -2.87. The van der Waals surface area contributed by atoms with Crippen LogP contribution in [0.25, 0.3) is 0 Å². The number of hydrogen-bond donors (Lipinski definition) is 1. The zero-order chi connectivity index (χ0) is 19.9. The maximum Gasteiger partial charge on any atom is 0.269 e. The van der Waals surface area contributed by atoms with Gasteiger partial charge in [-0.25, -0.2) is 0 Å². The standard InChI is InChI=1S/C20H21N3O4S/c24-19(14-28-16-10-8-15(9-11-16)23(26)27)21-18-7-3-2-6-17(18)20(25)22-12-4-1-5-13-22/h2-3,6-11H,1,4-5,12-14H2,(H,21,24). The van der Waals surface area contributed by atoms with Crippen molar-refractivity contribution < 1.29 is 14.5 Å². The van der Waals surface area contributed by atoms with Crippen molar-refractivity contribution in [1.29, 1.82) is 0 Å². The summed E-state index contributed by atoms with van der Waals surface area (Å²) in [6, 6.07) is 13.1. The van der Waals surface area contributed by atoms with Crippen LogP contribution in [0, 0.1) is 10.1 Å². The maximum atomic E-state index is 12.8. The molecule has 7 nitrogen and oxygen atoms in total. The third kappa shape index (κ3) is 5.10. The lowest BCUT2D eigenvalue weighted by molar-refractivity contribution is -0.384. The Morgan fingerprint density at radius 1 is 1.04 bits per heavy atom. The molecule has 0 saturated carbocycles. The summed E-state index contributed by atoms with van der Waals surface area (Å²) in [6.45, 7) is 1.49. The molecule has 2 aromatic carbocycles. The number of nitro groups is 1. The fourth-order valence-corrected chi connectivity index (χ4v) is 3.74. The lowest BCUT2D eigenvalue weighted by Crippen LogP contribution is -2.36. The largest absolute Gasteiger partial charge is 0.339 e. The van der Waals surface area contributed by atoms with Crippen molar-refractivity contribution >= 4 is 35.0 Å². The summed E-state index contributed by atoms with van der Waals surface area (Å²) < 4.78 is 0. The molecule has 1 heterocycles. The van der Waals surface area contributed by atoms with Crippen LogP contribution in [-0.2, 0) is 4.79 Å². The molecule has 1 aliphatic rings. The summed E-state index contributed by atoms with van der Waals surface area (Å²) in [7, 11) is 0. The Bertz CT molecular complexity index is 864. The molecule has 0 spiro atoms. The highest BCUT2D eigenvalue weighted by Crippen LogP contribution is 2.23. The van der Waals surface area contributed by atoms with Gasteiger partial charge in [0.2, 0.25) is 5.91 Å². The quantitative estimate of drug-likeness (QED) is 0.451. The summed E-state index contributed by atoms with van der Waals surface area (Å²) in [5, 5.41) is 13.5. The number of anilines is 1. The molecule has 0 radical (unpaired) electrons. The van der Waals surface area contributed by atoms with Crippen molar-refractivity contribution in [2.75, 3.05) is 24.2 Å². The molecular weight excluding hydrogens is 378 g/mol. The molecule has 28 heavy (non-hydrogen) atoms. The highest BCUT2D eigenvalue weighted by Gasteiger charge is 2.21. The molecule has 146 valence electrons. The van der Waals surface area contributed by atoms with Crippen LogP contribution in [0.5, 0.6) is 0 Å². The van der Waals surface area contributed by atoms with Gasteiger partial charge in [-0.15, -0.1) is 11.8 Å². The number of likely N-dealkylation sites (tertiary alicyclic amines) is 1. The zero-order valence-corrected chi connectivity index (χ0v) is 16.1. The van der Waals surface area contributed by atoms with Gasteiger partial charge < -0.3 is 10.2 Å². The van der Waals surface area contributed by atoms with Crippen molar-refractivity contribution in [3.8, 4) is 0 Å². The number of amides is 2. The van der Waals surface area contributed by atoms with Gasteiger partial charge in [0.15, 0.2) is 0 Å². The van der Waals surface area contributed by atoms with Gasteiger partial charge in [0.1, 0.15) is 0 Å². The summed E-state index contributed by atoms with van der Waals surface area (Å²) in [4.78, 5) is 38.0. The number of carbonyl (C=O) groups excluding carboxylic acids is 2. The summed E-state index contributed by atoms with van der Waals surface area (Å²) in [5.41, 5.74) is 1.02. The first-order chi connectivity index (χ1) is 13.5. The molecule has 2 amide bonds. The van der Waals surface area contributed by atoms with E-state index in [1.165, 1.54) is 23.9 Å². The fourth-order valence-electron chi connectivity index (χ4n) is 3.05. The lowest BCUT2D eigenvalue weighted by Gasteiger charge is -2.27. The van der Waals surface area contributed by atoms with E-state index in [1.54, 1.807) is 36.4 Å². The zero-order valence-electron chi connectivity index (χ0n) is 15.3. The Labute approximate surface area is 167 Å². The van der Waals surface area contributed by atoms with Crippen molar-refractivity contribution in [2.24, 2.45) is 0 Å². The molecule has 1 saturated heterocycles. The van der Waals surface area contributed by atoms with Gasteiger partial charge in [0.25, 0.3) is 11.6 Å². The van der Waals surface area contributed by atoms with Gasteiger partial charge in [-0.2, -0.15) is 0 Å². The van der Waals surface area contributed by atoms with Gasteiger partial charge in [-0.05, 0) is 43.5 Å². The van der Waals surface area contributed by atoms with Crippen molar-refractivity contribution in [3.63, 3.8) is 0 Å². The fraction of sp³-hybridized carbons (Fsp3) is 0.300. The van der Waals surface area contributed by atoms with Crippen LogP contribution in [0.2, 0.25) is 0 Å². The minimum Gasteiger partial charge on any atom is -0.339 e. The van der Waals surface area contributed by atoms with E-state index in [0.29, 0.717) is 11.3 Å². The van der Waals surface area contributed by atoms with Crippen LogP contribution in [0.15, 0.2) is 53.4 Å². The smallest absolute Gasteiger partial charge is 0.269 e. The van der Waals surface area contributed by atoms with Crippen molar-refractivity contribution in [1.82, 2.24) is 4.90 Å². The van der Waals surface area contributed by atoms with Gasteiger partial charge >= 0.3 is 0 Å². The third-order valence-corrected chi connectivity index (χ3v) is 5.50. The molecule has 0 aliphatic carbocycles. The number of para-hydroxylation sites is 1. The SMILES string of the molecule is O=C(CSc1ccc([N+](=O)[O-])cc1)Nc1ccccc1C(=O)N1CCCCC1. The Balaban J connectivity index is 1.61. The molecule has 8 heteroatoms. The number of benzene rings is 2. The van der Waals surface area contributed by atoms with E-state index in [0.717, 1.165) is 37.2 Å². The first kappa shape index (κ1) is 19.9. The monoisotopic (exact) mass is 399 g/mol. The molecule has 3 rings (SSSR count). The number of non-ortho nitro benzene ring substituents is 1. The molecular formula is C20H21N3O4S. The predicted octanol–water partition coefficient (Wildman–Crippen LogP) is 3.95. The highest BCUT2D eigenvalue weighted by atomic mass is 32.2. The van der Waals surface area contributed by atoms with Gasteiger partial charge in [0, 0.05) is 30.1 Å². The van der Waals surface area contributed by atoms with Crippen LogP contribution in [0.1, 0.15) is 29.6 Å². The predicted molar refractivity (Wildman–Crippen MR) is 109 cm³/mol. The molecule has 2 aromatic rings. The minimum atomic E-state index is -0.461. The maximum absolute atomic E-state index is 12.8. The van der Waals surface area contributed by atoms with Crippen LogP contribution in [0.3, 0.4) is 0 Å². The average Bonchev–Trinajstić information content (AvgIpc) is 2.73. The first-order valence-corrected chi connectivity index (χ1v) is 10.1. The van der Waals surface area contributed by atoms with Gasteiger partial charge in [-0.3, -0.25) is 19.7 Å². The minimum absolute atomic E-state index is 0.0129. The molecule has 1 fully saturated rings. The second-order valence-corrected chi connectivity index (χ2v) is 7.54. The Morgan fingerprint density at radius 3 is 2.39 bits per heavy atom. The molecule has 1 aliphatic heterocycles. The van der Waals surface area contributed by atoms with E-state index in [9.17, 15) is 19.7 Å². The number of hydrogen-bond acceptors (Lipinski definition) is 5. The second kappa shape index (κ2) is 9.36. The van der Waals surface area contributed by atoms with Crippen molar-refractivity contribution in [2.45, 2.75) is 24.2 Å². The first-order valence-electron chi connectivity index (χ1n) is 9.10. The number of nitrogens with zero attached hydrogens (tertiary/aromatic N) is 2. The topological polar surface area (TPSA) is 92.5 Å². The highest BCUT2D eigenvalue weighted by molar-refractivity contribution is 8.00. The lowest BCUT2D eigenvalue weighted by atomic mass is 10.1. The van der Waals surface area contributed by atoms with Crippen LogP contribution in [-0.4, -0.2) is 40.5 Å². The number of nitro benzene ring substituents is 1. The van der Waals surface area contributed by atoms with Crippen LogP contribution >= 0.6 is 11.8 Å². The van der Waals surface area contributed by atoms with Crippen LogP contribution < -0.4 is 5.32 Å². The summed E-state index contributed by atoms with van der Waals surface area (Å²) >= 11 is 1.28. The second-order valence-electron chi connectivity index (χ2n) is 6.49. The third-order valence-electron chi connectivity index (χ3n) is 4.49. The van der Waals surface area contributed by atoms with E-state index in [4.69, 9.17) is 0 Å². The van der Waals surface area contributed by atoms with E-state index in [-0.39, 0.29) is 23.3 Å².